The molecular formula is C15H13FN2O2. The first-order valence-electron chi connectivity index (χ1n) is 6.33. The molecule has 0 fully saturated rings. The second-order valence-corrected chi connectivity index (χ2v) is 4.71. The maximum absolute atomic E-state index is 13.8. The van der Waals surface area contributed by atoms with Crippen LogP contribution in [-0.4, -0.2) is 21.4 Å². The van der Waals surface area contributed by atoms with Crippen LogP contribution in [0, 0.1) is 5.82 Å². The van der Waals surface area contributed by atoms with Crippen molar-refractivity contribution < 1.29 is 14.0 Å². The highest BCUT2D eigenvalue weighted by atomic mass is 19.1. The maximum Gasteiger partial charge on any atom is 0.229 e. The molecule has 0 aliphatic rings. The van der Waals surface area contributed by atoms with E-state index in [9.17, 15) is 9.50 Å². The molecule has 1 atom stereocenters. The zero-order chi connectivity index (χ0) is 14.1. The number of aliphatic hydroxyl groups excluding tert-OH is 1. The van der Waals surface area contributed by atoms with Crippen molar-refractivity contribution in [3.05, 3.63) is 48.1 Å². The largest absolute Gasteiger partial charge is 0.393 e. The SMILES string of the molecule is CC(O)Cc1nc(-c2ccc(F)c3ccccc23)no1. The van der Waals surface area contributed by atoms with Crippen molar-refractivity contribution in [2.24, 2.45) is 0 Å². The molecule has 1 aromatic heterocycles. The zero-order valence-electron chi connectivity index (χ0n) is 10.9. The van der Waals surface area contributed by atoms with E-state index in [4.69, 9.17) is 4.52 Å². The van der Waals surface area contributed by atoms with E-state index in [0.29, 0.717) is 29.1 Å². The fraction of sp³-hybridized carbons (Fsp3) is 0.200. The van der Waals surface area contributed by atoms with Crippen molar-refractivity contribution in [2.45, 2.75) is 19.4 Å². The average molecular weight is 272 g/mol. The van der Waals surface area contributed by atoms with Gasteiger partial charge in [0.1, 0.15) is 5.82 Å². The van der Waals surface area contributed by atoms with Gasteiger partial charge in [0.05, 0.1) is 12.5 Å². The summed E-state index contributed by atoms with van der Waals surface area (Å²) in [5, 5.41) is 14.5. The Morgan fingerprint density at radius 3 is 2.70 bits per heavy atom. The van der Waals surface area contributed by atoms with Crippen LogP contribution in [-0.2, 0) is 6.42 Å². The average Bonchev–Trinajstić information content (AvgIpc) is 2.87. The molecule has 0 radical (unpaired) electrons. The quantitative estimate of drug-likeness (QED) is 0.796. The summed E-state index contributed by atoms with van der Waals surface area (Å²) in [6.45, 7) is 1.65. The van der Waals surface area contributed by atoms with Gasteiger partial charge in [-0.1, -0.05) is 29.4 Å². The Balaban J connectivity index is 2.10. The summed E-state index contributed by atoms with van der Waals surface area (Å²) >= 11 is 0. The van der Waals surface area contributed by atoms with E-state index in [0.717, 1.165) is 5.39 Å². The highest BCUT2D eigenvalue weighted by molar-refractivity contribution is 5.95. The second-order valence-electron chi connectivity index (χ2n) is 4.71. The molecule has 0 saturated carbocycles. The van der Waals surface area contributed by atoms with Crippen molar-refractivity contribution in [1.29, 1.82) is 0 Å². The first-order valence-corrected chi connectivity index (χ1v) is 6.33. The predicted molar refractivity (Wildman–Crippen MR) is 72.6 cm³/mol. The van der Waals surface area contributed by atoms with Crippen molar-refractivity contribution in [3.8, 4) is 11.4 Å². The molecular weight excluding hydrogens is 259 g/mol. The monoisotopic (exact) mass is 272 g/mol. The molecule has 1 heterocycles. The Kier molecular flexibility index (Phi) is 3.20. The molecule has 2 aromatic carbocycles. The number of fused-ring (bicyclic) bond motifs is 1. The molecule has 0 saturated heterocycles. The molecule has 20 heavy (non-hydrogen) atoms. The van der Waals surface area contributed by atoms with E-state index in [-0.39, 0.29) is 5.82 Å². The fourth-order valence-corrected chi connectivity index (χ4v) is 2.16. The number of benzene rings is 2. The Morgan fingerprint density at radius 2 is 1.95 bits per heavy atom. The number of rotatable bonds is 3. The minimum atomic E-state index is -0.548. The third-order valence-corrected chi connectivity index (χ3v) is 3.05. The summed E-state index contributed by atoms with van der Waals surface area (Å²) in [6.07, 6.45) is -0.250. The molecule has 0 spiro atoms. The number of hydrogen-bond donors (Lipinski definition) is 1. The Morgan fingerprint density at radius 1 is 1.20 bits per heavy atom. The van der Waals surface area contributed by atoms with E-state index in [1.54, 1.807) is 25.1 Å². The molecule has 3 aromatic rings. The lowest BCUT2D eigenvalue weighted by atomic mass is 10.0. The molecule has 5 heteroatoms. The van der Waals surface area contributed by atoms with Gasteiger partial charge in [-0.15, -0.1) is 0 Å². The molecule has 1 unspecified atom stereocenters. The standard InChI is InChI=1S/C15H13FN2O2/c1-9(19)8-14-17-15(18-20-14)12-6-7-13(16)11-5-3-2-4-10(11)12/h2-7,9,19H,8H2,1H3. The Hall–Kier alpha value is -2.27. The van der Waals surface area contributed by atoms with Crippen LogP contribution in [0.2, 0.25) is 0 Å². The van der Waals surface area contributed by atoms with Gasteiger partial charge in [0.25, 0.3) is 0 Å². The number of halogens is 1. The van der Waals surface area contributed by atoms with Crippen molar-refractivity contribution in [1.82, 2.24) is 10.1 Å². The molecule has 102 valence electrons. The lowest BCUT2D eigenvalue weighted by Crippen LogP contribution is -2.04. The molecule has 0 amide bonds. The topological polar surface area (TPSA) is 59.2 Å². The summed E-state index contributed by atoms with van der Waals surface area (Å²) in [4.78, 5) is 4.24. The van der Waals surface area contributed by atoms with E-state index >= 15 is 0 Å². The van der Waals surface area contributed by atoms with Gasteiger partial charge in [0.15, 0.2) is 0 Å². The van der Waals surface area contributed by atoms with Crippen LogP contribution in [0.3, 0.4) is 0 Å². The molecule has 3 rings (SSSR count). The first kappa shape index (κ1) is 12.7. The molecule has 0 aliphatic heterocycles. The zero-order valence-corrected chi connectivity index (χ0v) is 10.9. The number of nitrogens with zero attached hydrogens (tertiary/aromatic N) is 2. The Labute approximate surface area is 114 Å². The van der Waals surface area contributed by atoms with Crippen LogP contribution >= 0.6 is 0 Å². The summed E-state index contributed by atoms with van der Waals surface area (Å²) in [6, 6.07) is 10.2. The number of aromatic nitrogens is 2. The van der Waals surface area contributed by atoms with Gasteiger partial charge < -0.3 is 9.63 Å². The van der Waals surface area contributed by atoms with E-state index in [1.807, 2.05) is 12.1 Å². The smallest absolute Gasteiger partial charge is 0.229 e. The maximum atomic E-state index is 13.8. The van der Waals surface area contributed by atoms with Gasteiger partial charge >= 0.3 is 0 Å². The third kappa shape index (κ3) is 2.28. The van der Waals surface area contributed by atoms with Gasteiger partial charge in [-0.2, -0.15) is 4.98 Å². The Bertz CT molecular complexity index is 752. The van der Waals surface area contributed by atoms with Gasteiger partial charge in [-0.25, -0.2) is 4.39 Å². The normalized spacial score (nSPS) is 12.8. The van der Waals surface area contributed by atoms with Crippen LogP contribution in [0.4, 0.5) is 4.39 Å². The van der Waals surface area contributed by atoms with Crippen molar-refractivity contribution >= 4 is 10.8 Å². The predicted octanol–water partition coefficient (Wildman–Crippen LogP) is 2.95. The van der Waals surface area contributed by atoms with Gasteiger partial charge in [-0.05, 0) is 24.4 Å². The summed E-state index contributed by atoms with van der Waals surface area (Å²) in [5.41, 5.74) is 0.711. The first-order chi connectivity index (χ1) is 9.65. The van der Waals surface area contributed by atoms with Crippen LogP contribution < -0.4 is 0 Å². The highest BCUT2D eigenvalue weighted by Crippen LogP contribution is 2.28. The van der Waals surface area contributed by atoms with Crippen LogP contribution in [0.1, 0.15) is 12.8 Å². The molecule has 4 nitrogen and oxygen atoms in total. The van der Waals surface area contributed by atoms with Crippen LogP contribution in [0.5, 0.6) is 0 Å². The minimum absolute atomic E-state index is 0.281. The van der Waals surface area contributed by atoms with E-state index in [1.165, 1.54) is 6.07 Å². The van der Waals surface area contributed by atoms with Gasteiger partial charge in [-0.3, -0.25) is 0 Å². The number of hydrogen-bond acceptors (Lipinski definition) is 4. The van der Waals surface area contributed by atoms with Gasteiger partial charge in [0.2, 0.25) is 11.7 Å². The number of aliphatic hydroxyl groups is 1. The third-order valence-electron chi connectivity index (χ3n) is 3.05. The summed E-state index contributed by atoms with van der Waals surface area (Å²) < 4.78 is 18.9. The van der Waals surface area contributed by atoms with Crippen LogP contribution in [0.25, 0.3) is 22.2 Å². The van der Waals surface area contributed by atoms with Gasteiger partial charge in [0, 0.05) is 10.9 Å². The second kappa shape index (κ2) is 5.02. The lowest BCUT2D eigenvalue weighted by molar-refractivity contribution is 0.181. The van der Waals surface area contributed by atoms with Crippen molar-refractivity contribution in [2.75, 3.05) is 0 Å². The minimum Gasteiger partial charge on any atom is -0.393 e. The molecule has 0 bridgehead atoms. The fourth-order valence-electron chi connectivity index (χ4n) is 2.16. The highest BCUT2D eigenvalue weighted by Gasteiger charge is 2.14. The molecule has 1 N–H and O–H groups in total. The summed E-state index contributed by atoms with van der Waals surface area (Å²) in [5.74, 6) is 0.484. The van der Waals surface area contributed by atoms with Crippen LogP contribution in [0.15, 0.2) is 40.9 Å². The van der Waals surface area contributed by atoms with E-state index < -0.39 is 6.10 Å². The lowest BCUT2D eigenvalue weighted by Gasteiger charge is -2.03. The van der Waals surface area contributed by atoms with Crippen molar-refractivity contribution in [3.63, 3.8) is 0 Å². The summed E-state index contributed by atoms with van der Waals surface area (Å²) in [7, 11) is 0. The molecule has 0 aliphatic carbocycles. The van der Waals surface area contributed by atoms with E-state index in [2.05, 4.69) is 10.1 Å².